The van der Waals surface area contributed by atoms with Crippen LogP contribution in [0.3, 0.4) is 0 Å². The van der Waals surface area contributed by atoms with E-state index in [1.54, 1.807) is 12.1 Å². The van der Waals surface area contributed by atoms with Gasteiger partial charge in [0.05, 0.1) is 6.26 Å². The van der Waals surface area contributed by atoms with Crippen molar-refractivity contribution < 1.29 is 8.39 Å². The summed E-state index contributed by atoms with van der Waals surface area (Å²) in [5.41, 5.74) is 0. The summed E-state index contributed by atoms with van der Waals surface area (Å²) in [5.74, 6) is 0.604. The Morgan fingerprint density at radius 3 is 2.20 bits per heavy atom. The molecule has 0 amide bonds. The largest absolute Gasteiger partial charge is 0.397 e. The Morgan fingerprint density at radius 1 is 1.20 bits per heavy atom. The fourth-order valence-electron chi connectivity index (χ4n) is 1.17. The lowest BCUT2D eigenvalue weighted by Gasteiger charge is -2.13. The maximum Gasteiger partial charge on any atom is 0.194 e. The molecule has 0 aromatic heterocycles. The summed E-state index contributed by atoms with van der Waals surface area (Å²) >= 11 is 0. The van der Waals surface area contributed by atoms with Gasteiger partial charge in [0.15, 0.2) is 18.2 Å². The zero-order valence-electron chi connectivity index (χ0n) is 9.56. The van der Waals surface area contributed by atoms with Crippen LogP contribution in [0.5, 0.6) is 5.75 Å². The van der Waals surface area contributed by atoms with Gasteiger partial charge in [0, 0.05) is 0 Å². The molecular formula is C10H17NO2SSi. The second-order valence-electron chi connectivity index (χ2n) is 4.39. The minimum absolute atomic E-state index is 0.604. The Balaban J connectivity index is 2.92. The number of hydrogen-bond donors (Lipinski definition) is 0. The van der Waals surface area contributed by atoms with Gasteiger partial charge in [0.1, 0.15) is 5.75 Å². The fourth-order valence-corrected chi connectivity index (χ4v) is 5.77. The molecule has 5 heteroatoms. The Bertz CT molecular complexity index is 430. The Labute approximate surface area is 93.0 Å². The van der Waals surface area contributed by atoms with Crippen molar-refractivity contribution in [2.45, 2.75) is 19.6 Å². The van der Waals surface area contributed by atoms with E-state index in [-0.39, 0.29) is 0 Å². The molecule has 1 aromatic rings. The summed E-state index contributed by atoms with van der Waals surface area (Å²) in [7, 11) is -4.28. The van der Waals surface area contributed by atoms with Gasteiger partial charge in [-0.05, 0) is 31.8 Å². The van der Waals surface area contributed by atoms with E-state index in [1.165, 1.54) is 6.26 Å². The number of para-hydroxylation sites is 1. The molecule has 0 saturated heterocycles. The topological polar surface area (TPSA) is 38.7 Å². The summed E-state index contributed by atoms with van der Waals surface area (Å²) in [6.45, 7) is 6.10. The summed E-state index contributed by atoms with van der Waals surface area (Å²) < 4.78 is 21.7. The molecule has 0 heterocycles. The molecule has 0 aliphatic heterocycles. The average Bonchev–Trinajstić information content (AvgIpc) is 1.99. The number of hydrogen-bond acceptors (Lipinski definition) is 3. The molecule has 3 nitrogen and oxygen atoms in total. The van der Waals surface area contributed by atoms with E-state index in [0.29, 0.717) is 5.75 Å². The van der Waals surface area contributed by atoms with Crippen molar-refractivity contribution in [1.82, 2.24) is 0 Å². The molecule has 1 atom stereocenters. The average molecular weight is 243 g/mol. The highest BCUT2D eigenvalue weighted by Crippen LogP contribution is 2.14. The molecule has 0 N–H and O–H groups in total. The van der Waals surface area contributed by atoms with Crippen LogP contribution in [0.1, 0.15) is 0 Å². The van der Waals surface area contributed by atoms with Crippen LogP contribution in [-0.2, 0) is 10.0 Å². The number of benzene rings is 1. The number of nitrogens with zero attached hydrogens (tertiary/aromatic N) is 1. The predicted octanol–water partition coefficient (Wildman–Crippen LogP) is 2.91. The molecular weight excluding hydrogens is 226 g/mol. The van der Waals surface area contributed by atoms with E-state index in [2.05, 4.69) is 4.03 Å². The summed E-state index contributed by atoms with van der Waals surface area (Å²) in [6.07, 6.45) is 1.54. The van der Waals surface area contributed by atoms with E-state index in [4.69, 9.17) is 4.18 Å². The lowest BCUT2D eigenvalue weighted by Crippen LogP contribution is -2.21. The molecule has 0 bridgehead atoms. The van der Waals surface area contributed by atoms with Gasteiger partial charge >= 0.3 is 0 Å². The highest BCUT2D eigenvalue weighted by atomic mass is 32.2. The lowest BCUT2D eigenvalue weighted by atomic mass is 10.3. The van der Waals surface area contributed by atoms with Gasteiger partial charge in [0.25, 0.3) is 0 Å². The molecule has 0 spiro atoms. The second-order valence-corrected chi connectivity index (χ2v) is 11.1. The van der Waals surface area contributed by atoms with Gasteiger partial charge < -0.3 is 4.18 Å². The second kappa shape index (κ2) is 4.36. The van der Waals surface area contributed by atoms with Crippen molar-refractivity contribution in [3.63, 3.8) is 0 Å². The van der Waals surface area contributed by atoms with Gasteiger partial charge in [-0.15, -0.1) is 0 Å². The first-order valence-electron chi connectivity index (χ1n) is 4.76. The van der Waals surface area contributed by atoms with Crippen LogP contribution in [0.2, 0.25) is 19.6 Å². The van der Waals surface area contributed by atoms with E-state index in [9.17, 15) is 4.21 Å². The van der Waals surface area contributed by atoms with Gasteiger partial charge in [-0.1, -0.05) is 18.2 Å². The third-order valence-corrected chi connectivity index (χ3v) is 5.45. The number of rotatable bonds is 3. The van der Waals surface area contributed by atoms with Crippen LogP contribution >= 0.6 is 0 Å². The van der Waals surface area contributed by atoms with E-state index < -0.39 is 18.2 Å². The molecule has 1 aromatic carbocycles. The van der Waals surface area contributed by atoms with Crippen LogP contribution in [0, 0.1) is 0 Å². The molecule has 1 unspecified atom stereocenters. The maximum absolute atomic E-state index is 12.0. The third kappa shape index (κ3) is 4.99. The normalized spacial score (nSPS) is 15.5. The van der Waals surface area contributed by atoms with Gasteiger partial charge in [-0.3, -0.25) is 0 Å². The van der Waals surface area contributed by atoms with Crippen LogP contribution < -0.4 is 4.18 Å². The van der Waals surface area contributed by atoms with Crippen LogP contribution in [0.15, 0.2) is 34.4 Å². The SMILES string of the molecule is C[Si](C)(C)N=S(C)(=O)Oc1ccccc1. The standard InChI is InChI=1S/C10H17NO2SSi/c1-14(12,11-15(2,3)4)13-10-8-6-5-7-9-10/h5-9H,1-4H3. The van der Waals surface area contributed by atoms with Crippen molar-refractivity contribution in [3.05, 3.63) is 30.3 Å². The maximum atomic E-state index is 12.0. The Kier molecular flexibility index (Phi) is 3.57. The van der Waals surface area contributed by atoms with Crippen molar-refractivity contribution >= 4 is 18.2 Å². The third-order valence-electron chi connectivity index (χ3n) is 1.43. The predicted molar refractivity (Wildman–Crippen MR) is 66.9 cm³/mol. The Morgan fingerprint density at radius 2 is 1.73 bits per heavy atom. The lowest BCUT2D eigenvalue weighted by molar-refractivity contribution is 0.557. The Hall–Kier alpha value is -0.813. The molecule has 0 fully saturated rings. The molecule has 84 valence electrons. The minimum atomic E-state index is -2.56. The van der Waals surface area contributed by atoms with E-state index >= 15 is 0 Å². The van der Waals surface area contributed by atoms with E-state index in [1.807, 2.05) is 37.8 Å². The summed E-state index contributed by atoms with van der Waals surface area (Å²) in [6, 6.07) is 9.14. The summed E-state index contributed by atoms with van der Waals surface area (Å²) in [5, 5.41) is 0. The van der Waals surface area contributed by atoms with Gasteiger partial charge in [-0.2, -0.15) is 0 Å². The van der Waals surface area contributed by atoms with E-state index in [0.717, 1.165) is 0 Å². The minimum Gasteiger partial charge on any atom is -0.397 e. The summed E-state index contributed by atoms with van der Waals surface area (Å²) in [4.78, 5) is 0. The first kappa shape index (κ1) is 12.3. The van der Waals surface area contributed by atoms with Crippen molar-refractivity contribution in [1.29, 1.82) is 0 Å². The van der Waals surface area contributed by atoms with Gasteiger partial charge in [-0.25, -0.2) is 8.24 Å². The fraction of sp³-hybridized carbons (Fsp3) is 0.400. The first-order chi connectivity index (χ1) is 6.79. The quantitative estimate of drug-likeness (QED) is 0.766. The van der Waals surface area contributed by atoms with Crippen molar-refractivity contribution in [3.8, 4) is 5.75 Å². The zero-order valence-corrected chi connectivity index (χ0v) is 11.4. The molecule has 0 aliphatic rings. The first-order valence-corrected chi connectivity index (χ1v) is 10.1. The molecule has 1 rings (SSSR count). The molecule has 15 heavy (non-hydrogen) atoms. The monoisotopic (exact) mass is 243 g/mol. The van der Waals surface area contributed by atoms with Crippen molar-refractivity contribution in [2.24, 2.45) is 4.03 Å². The molecule has 0 aliphatic carbocycles. The molecule has 0 radical (unpaired) electrons. The van der Waals surface area contributed by atoms with Crippen LogP contribution in [-0.4, -0.2) is 18.7 Å². The highest BCUT2D eigenvalue weighted by Gasteiger charge is 2.16. The van der Waals surface area contributed by atoms with Crippen LogP contribution in [0.25, 0.3) is 0 Å². The highest BCUT2D eigenvalue weighted by molar-refractivity contribution is 7.89. The smallest absolute Gasteiger partial charge is 0.194 e. The van der Waals surface area contributed by atoms with Crippen LogP contribution in [0.4, 0.5) is 0 Å². The van der Waals surface area contributed by atoms with Gasteiger partial charge in [0.2, 0.25) is 0 Å². The van der Waals surface area contributed by atoms with Crippen molar-refractivity contribution in [2.75, 3.05) is 6.26 Å². The molecule has 0 saturated carbocycles. The zero-order chi connectivity index (χ0) is 11.5.